The Hall–Kier alpha value is -3.52. The number of aryl methyl sites for hydroxylation is 1. The minimum absolute atomic E-state index is 0.217. The number of halogens is 1. The Morgan fingerprint density at radius 3 is 2.43 bits per heavy atom. The van der Waals surface area contributed by atoms with Crippen molar-refractivity contribution in [3.05, 3.63) is 98.3 Å². The summed E-state index contributed by atoms with van der Waals surface area (Å²) in [6, 6.07) is 16.6. The third-order valence-electron chi connectivity index (χ3n) is 4.73. The molecule has 0 bridgehead atoms. The monoisotopic (exact) mass is 423 g/mol. The molecule has 152 valence electrons. The molecule has 0 saturated carbocycles. The second-order valence-corrected chi connectivity index (χ2v) is 7.67. The number of amides is 1. The summed E-state index contributed by atoms with van der Waals surface area (Å²) in [7, 11) is 0. The smallest absolute Gasteiger partial charge is 0.325 e. The number of nitrogens with zero attached hydrogens (tertiary/aromatic N) is 2. The van der Waals surface area contributed by atoms with Crippen molar-refractivity contribution in [1.29, 1.82) is 0 Å². The first-order valence-electron chi connectivity index (χ1n) is 9.33. The van der Waals surface area contributed by atoms with E-state index in [1.54, 1.807) is 11.4 Å². The number of carbonyl (C=O) groups is 1. The number of rotatable bonds is 6. The van der Waals surface area contributed by atoms with Crippen molar-refractivity contribution in [3.63, 3.8) is 0 Å². The van der Waals surface area contributed by atoms with Crippen molar-refractivity contribution in [3.8, 4) is 0 Å². The summed E-state index contributed by atoms with van der Waals surface area (Å²) in [6.07, 6.45) is 0.522. The fourth-order valence-corrected chi connectivity index (χ4v) is 4.09. The number of nitrogens with one attached hydrogen (secondary N) is 1. The maximum atomic E-state index is 13.1. The van der Waals surface area contributed by atoms with E-state index in [0.717, 1.165) is 5.56 Å². The minimum atomic E-state index is -0.531. The van der Waals surface area contributed by atoms with E-state index in [0.29, 0.717) is 22.3 Å². The van der Waals surface area contributed by atoms with E-state index in [1.165, 1.54) is 44.7 Å². The molecule has 0 saturated heterocycles. The van der Waals surface area contributed by atoms with Crippen LogP contribution >= 0.6 is 11.3 Å². The molecule has 6 nitrogen and oxygen atoms in total. The molecule has 4 rings (SSSR count). The van der Waals surface area contributed by atoms with E-state index in [1.807, 2.05) is 30.3 Å². The summed E-state index contributed by atoms with van der Waals surface area (Å²) in [6.45, 7) is -0.0375. The lowest BCUT2D eigenvalue weighted by atomic mass is 10.1. The van der Waals surface area contributed by atoms with E-state index in [4.69, 9.17) is 0 Å². The van der Waals surface area contributed by atoms with Gasteiger partial charge in [-0.25, -0.2) is 9.18 Å². The van der Waals surface area contributed by atoms with Crippen LogP contribution in [0.1, 0.15) is 5.56 Å². The highest BCUT2D eigenvalue weighted by Crippen LogP contribution is 2.16. The van der Waals surface area contributed by atoms with Gasteiger partial charge < -0.3 is 5.32 Å². The van der Waals surface area contributed by atoms with Gasteiger partial charge in [0.05, 0.1) is 5.52 Å². The molecule has 2 aromatic carbocycles. The van der Waals surface area contributed by atoms with Gasteiger partial charge in [0.15, 0.2) is 0 Å². The van der Waals surface area contributed by atoms with Crippen LogP contribution < -0.4 is 16.6 Å². The zero-order valence-electron chi connectivity index (χ0n) is 15.9. The molecule has 0 aliphatic rings. The lowest BCUT2D eigenvalue weighted by molar-refractivity contribution is -0.116. The molecule has 0 unspecified atom stereocenters. The number of aromatic nitrogens is 2. The third-order valence-corrected chi connectivity index (χ3v) is 5.62. The quantitative estimate of drug-likeness (QED) is 0.517. The number of thiophene rings is 1. The number of carbonyl (C=O) groups excluding carboxylic acids is 1. The van der Waals surface area contributed by atoms with Crippen LogP contribution in [-0.2, 0) is 24.3 Å². The predicted molar refractivity (Wildman–Crippen MR) is 116 cm³/mol. The molecular weight excluding hydrogens is 405 g/mol. The van der Waals surface area contributed by atoms with E-state index in [2.05, 4.69) is 5.32 Å². The van der Waals surface area contributed by atoms with Gasteiger partial charge in [0.25, 0.3) is 5.56 Å². The zero-order valence-corrected chi connectivity index (χ0v) is 16.7. The summed E-state index contributed by atoms with van der Waals surface area (Å²) < 4.78 is 16.0. The summed E-state index contributed by atoms with van der Waals surface area (Å²) in [5.41, 5.74) is 0.983. The fourth-order valence-electron chi connectivity index (χ4n) is 3.25. The number of benzene rings is 2. The van der Waals surface area contributed by atoms with Gasteiger partial charge in [0.2, 0.25) is 5.91 Å². The van der Waals surface area contributed by atoms with Gasteiger partial charge in [-0.2, -0.15) is 0 Å². The molecule has 0 spiro atoms. The third kappa shape index (κ3) is 4.08. The molecule has 0 aliphatic carbocycles. The largest absolute Gasteiger partial charge is 0.332 e. The van der Waals surface area contributed by atoms with Crippen LogP contribution in [0.2, 0.25) is 0 Å². The predicted octanol–water partition coefficient (Wildman–Crippen LogP) is 3.25. The lowest BCUT2D eigenvalue weighted by Crippen LogP contribution is -2.41. The van der Waals surface area contributed by atoms with Crippen molar-refractivity contribution in [2.24, 2.45) is 0 Å². The Kier molecular flexibility index (Phi) is 5.58. The van der Waals surface area contributed by atoms with E-state index >= 15 is 0 Å². The lowest BCUT2D eigenvalue weighted by Gasteiger charge is -2.12. The van der Waals surface area contributed by atoms with Gasteiger partial charge in [0.1, 0.15) is 17.1 Å². The average Bonchev–Trinajstić information content (AvgIpc) is 3.24. The van der Waals surface area contributed by atoms with Gasteiger partial charge in [0, 0.05) is 12.2 Å². The molecule has 0 radical (unpaired) electrons. The highest BCUT2D eigenvalue weighted by atomic mass is 32.1. The standard InChI is InChI=1S/C22H18FN3O3S/c23-16-6-8-17(9-7-16)24-19(27)14-26-18-11-13-30-20(18)21(28)25(22(26)29)12-10-15-4-2-1-3-5-15/h1-9,11,13H,10,12,14H2,(H,24,27). The van der Waals surface area contributed by atoms with Crippen molar-refractivity contribution < 1.29 is 9.18 Å². The Bertz CT molecular complexity index is 1310. The average molecular weight is 423 g/mol. The maximum Gasteiger partial charge on any atom is 0.332 e. The van der Waals surface area contributed by atoms with Crippen LogP contribution in [0.25, 0.3) is 10.2 Å². The Balaban J connectivity index is 1.64. The van der Waals surface area contributed by atoms with Crippen molar-refractivity contribution in [1.82, 2.24) is 9.13 Å². The van der Waals surface area contributed by atoms with Gasteiger partial charge in [-0.3, -0.25) is 18.7 Å². The Morgan fingerprint density at radius 1 is 0.967 bits per heavy atom. The van der Waals surface area contributed by atoms with E-state index in [9.17, 15) is 18.8 Å². The van der Waals surface area contributed by atoms with E-state index < -0.39 is 17.4 Å². The summed E-state index contributed by atoms with van der Waals surface area (Å²) in [5.74, 6) is -0.848. The molecule has 4 aromatic rings. The first-order chi connectivity index (χ1) is 14.5. The van der Waals surface area contributed by atoms with Crippen molar-refractivity contribution >= 4 is 33.1 Å². The van der Waals surface area contributed by atoms with Gasteiger partial charge in [-0.15, -0.1) is 11.3 Å². The summed E-state index contributed by atoms with van der Waals surface area (Å²) >= 11 is 1.24. The Labute approximate surface area is 174 Å². The van der Waals surface area contributed by atoms with Crippen LogP contribution in [0.15, 0.2) is 75.6 Å². The SMILES string of the molecule is O=C(Cn1c(=O)n(CCc2ccccc2)c(=O)c2sccc21)Nc1ccc(F)cc1. The van der Waals surface area contributed by atoms with E-state index in [-0.39, 0.29) is 18.6 Å². The van der Waals surface area contributed by atoms with Gasteiger partial charge in [-0.05, 0) is 47.7 Å². The van der Waals surface area contributed by atoms with Crippen LogP contribution in [0, 0.1) is 5.82 Å². The topological polar surface area (TPSA) is 73.1 Å². The first kappa shape index (κ1) is 19.8. The fraction of sp³-hybridized carbons (Fsp3) is 0.136. The van der Waals surface area contributed by atoms with Gasteiger partial charge >= 0.3 is 5.69 Å². The molecule has 1 amide bonds. The van der Waals surface area contributed by atoms with Crippen molar-refractivity contribution in [2.45, 2.75) is 19.5 Å². The summed E-state index contributed by atoms with van der Waals surface area (Å²) in [5, 5.41) is 4.37. The van der Waals surface area contributed by atoms with Crippen molar-refractivity contribution in [2.75, 3.05) is 5.32 Å². The minimum Gasteiger partial charge on any atom is -0.325 e. The van der Waals surface area contributed by atoms with Gasteiger partial charge in [-0.1, -0.05) is 30.3 Å². The second-order valence-electron chi connectivity index (χ2n) is 6.75. The highest BCUT2D eigenvalue weighted by molar-refractivity contribution is 7.17. The molecule has 1 N–H and O–H groups in total. The molecule has 2 aromatic heterocycles. The number of fused-ring (bicyclic) bond motifs is 1. The van der Waals surface area contributed by atoms with Crippen LogP contribution in [0.3, 0.4) is 0 Å². The Morgan fingerprint density at radius 2 is 1.70 bits per heavy atom. The molecule has 0 fully saturated rings. The number of hydrogen-bond acceptors (Lipinski definition) is 4. The number of hydrogen-bond donors (Lipinski definition) is 1. The second kappa shape index (κ2) is 8.46. The molecular formula is C22H18FN3O3S. The zero-order chi connectivity index (χ0) is 21.1. The molecule has 8 heteroatoms. The normalized spacial score (nSPS) is 11.0. The highest BCUT2D eigenvalue weighted by Gasteiger charge is 2.16. The van der Waals surface area contributed by atoms with Crippen LogP contribution in [0.4, 0.5) is 10.1 Å². The van der Waals surface area contributed by atoms with Crippen LogP contribution in [-0.4, -0.2) is 15.0 Å². The molecule has 2 heterocycles. The van der Waals surface area contributed by atoms with Crippen LogP contribution in [0.5, 0.6) is 0 Å². The maximum absolute atomic E-state index is 13.1. The first-order valence-corrected chi connectivity index (χ1v) is 10.2. The number of anilines is 1. The summed E-state index contributed by atoms with van der Waals surface area (Å²) in [4.78, 5) is 38.4. The molecule has 0 aliphatic heterocycles. The molecule has 30 heavy (non-hydrogen) atoms. The molecule has 0 atom stereocenters.